The minimum Gasteiger partial charge on any atom is -0.342 e. The van der Waals surface area contributed by atoms with Crippen molar-refractivity contribution in [3.05, 3.63) is 47.6 Å². The van der Waals surface area contributed by atoms with Gasteiger partial charge in [0.25, 0.3) is 0 Å². The van der Waals surface area contributed by atoms with Crippen molar-refractivity contribution in [2.24, 2.45) is 5.92 Å². The van der Waals surface area contributed by atoms with Crippen molar-refractivity contribution < 1.29 is 9.32 Å². The number of carbonyl (C=O) groups is 1. The van der Waals surface area contributed by atoms with Crippen LogP contribution in [0.5, 0.6) is 0 Å². The number of likely N-dealkylation sites (tertiary alicyclic amines) is 1. The largest absolute Gasteiger partial charge is 0.342 e. The van der Waals surface area contributed by atoms with E-state index in [1.165, 1.54) is 5.56 Å². The summed E-state index contributed by atoms with van der Waals surface area (Å²) in [6.45, 7) is 3.67. The second-order valence-corrected chi connectivity index (χ2v) is 7.28. The lowest BCUT2D eigenvalue weighted by atomic mass is 9.97. The molecule has 25 heavy (non-hydrogen) atoms. The van der Waals surface area contributed by atoms with Crippen molar-refractivity contribution in [2.45, 2.75) is 50.9 Å². The van der Waals surface area contributed by atoms with Crippen LogP contribution in [0.2, 0.25) is 0 Å². The highest BCUT2D eigenvalue weighted by Gasteiger charge is 2.46. The molecule has 1 aromatic heterocycles. The van der Waals surface area contributed by atoms with Gasteiger partial charge in [-0.3, -0.25) is 4.79 Å². The molecule has 1 aliphatic heterocycles. The highest BCUT2D eigenvalue weighted by Crippen LogP contribution is 2.48. The van der Waals surface area contributed by atoms with Crippen molar-refractivity contribution in [1.82, 2.24) is 15.0 Å². The fraction of sp³-hybridized carbons (Fsp3) is 0.550. The third kappa shape index (κ3) is 3.46. The summed E-state index contributed by atoms with van der Waals surface area (Å²) in [6.07, 6.45) is 4.86. The maximum atomic E-state index is 12.9. The quantitative estimate of drug-likeness (QED) is 0.836. The number of benzene rings is 1. The van der Waals surface area contributed by atoms with Crippen molar-refractivity contribution in [2.75, 3.05) is 13.1 Å². The first-order valence-corrected chi connectivity index (χ1v) is 9.42. The number of piperidine rings is 1. The summed E-state index contributed by atoms with van der Waals surface area (Å²) in [5, 5.41) is 4.06. The molecule has 132 valence electrons. The number of aryl methyl sites for hydroxylation is 1. The molecule has 1 aliphatic carbocycles. The first kappa shape index (κ1) is 16.3. The molecule has 2 heterocycles. The maximum Gasteiger partial charge on any atom is 0.231 e. The summed E-state index contributed by atoms with van der Waals surface area (Å²) in [5.74, 6) is 2.52. The molecule has 1 amide bonds. The van der Waals surface area contributed by atoms with Crippen LogP contribution < -0.4 is 0 Å². The van der Waals surface area contributed by atoms with E-state index >= 15 is 0 Å². The predicted octanol–water partition coefficient (Wildman–Crippen LogP) is 3.53. The number of rotatable bonds is 5. The Labute approximate surface area is 148 Å². The third-order valence-electron chi connectivity index (χ3n) is 5.38. The SMILES string of the molecule is CCCc1noc([C@@H]2CCCN(C(=O)[C@@H]3C[C@H]3c3ccccc3)C2)n1. The molecule has 3 atom stereocenters. The number of amides is 1. The van der Waals surface area contributed by atoms with Crippen molar-refractivity contribution >= 4 is 5.91 Å². The molecule has 0 spiro atoms. The minimum atomic E-state index is 0.152. The van der Waals surface area contributed by atoms with Crippen LogP contribution >= 0.6 is 0 Å². The number of hydrogen-bond acceptors (Lipinski definition) is 4. The first-order chi connectivity index (χ1) is 12.3. The van der Waals surface area contributed by atoms with Crippen LogP contribution in [-0.4, -0.2) is 34.0 Å². The standard InChI is InChI=1S/C20H25N3O2/c1-2-7-18-21-19(25-22-18)15-10-6-11-23(13-15)20(24)17-12-16(17)14-8-4-3-5-9-14/h3-5,8-9,15-17H,2,6-7,10-13H2,1H3/t15-,16+,17-/m1/s1. The summed E-state index contributed by atoms with van der Waals surface area (Å²) in [6, 6.07) is 10.4. The van der Waals surface area contributed by atoms with Gasteiger partial charge in [0.1, 0.15) is 0 Å². The molecular weight excluding hydrogens is 314 g/mol. The van der Waals surface area contributed by atoms with Crippen molar-refractivity contribution in [3.63, 3.8) is 0 Å². The number of hydrogen-bond donors (Lipinski definition) is 0. The van der Waals surface area contributed by atoms with Crippen LogP contribution in [0.1, 0.15) is 61.7 Å². The highest BCUT2D eigenvalue weighted by atomic mass is 16.5. The molecule has 2 aromatic rings. The van der Waals surface area contributed by atoms with Crippen LogP contribution in [0.4, 0.5) is 0 Å². The van der Waals surface area contributed by atoms with Gasteiger partial charge in [-0.25, -0.2) is 0 Å². The zero-order valence-corrected chi connectivity index (χ0v) is 14.7. The van der Waals surface area contributed by atoms with E-state index in [-0.39, 0.29) is 11.8 Å². The lowest BCUT2D eigenvalue weighted by Crippen LogP contribution is -2.40. The molecule has 0 N–H and O–H groups in total. The normalized spacial score (nSPS) is 25.8. The van der Waals surface area contributed by atoms with Gasteiger partial charge in [0.05, 0.1) is 5.92 Å². The molecular formula is C20H25N3O2. The van der Waals surface area contributed by atoms with E-state index < -0.39 is 0 Å². The molecule has 0 bridgehead atoms. The van der Waals surface area contributed by atoms with Gasteiger partial charge in [0, 0.05) is 25.4 Å². The van der Waals surface area contributed by atoms with E-state index in [0.717, 1.165) is 44.5 Å². The van der Waals surface area contributed by atoms with E-state index in [1.54, 1.807) is 0 Å². The van der Waals surface area contributed by atoms with Gasteiger partial charge < -0.3 is 9.42 Å². The third-order valence-corrected chi connectivity index (χ3v) is 5.38. The second kappa shape index (κ2) is 6.98. The smallest absolute Gasteiger partial charge is 0.231 e. The van der Waals surface area contributed by atoms with Gasteiger partial charge in [-0.1, -0.05) is 42.4 Å². The Morgan fingerprint density at radius 1 is 1.32 bits per heavy atom. The summed E-state index contributed by atoms with van der Waals surface area (Å²) in [4.78, 5) is 19.4. The lowest BCUT2D eigenvalue weighted by Gasteiger charge is -2.31. The van der Waals surface area contributed by atoms with E-state index in [0.29, 0.717) is 24.3 Å². The van der Waals surface area contributed by atoms with E-state index in [9.17, 15) is 4.79 Å². The van der Waals surface area contributed by atoms with Gasteiger partial charge in [-0.05, 0) is 37.2 Å². The Hall–Kier alpha value is -2.17. The van der Waals surface area contributed by atoms with Crippen LogP contribution in [0.3, 0.4) is 0 Å². The average molecular weight is 339 g/mol. The van der Waals surface area contributed by atoms with Crippen molar-refractivity contribution in [1.29, 1.82) is 0 Å². The van der Waals surface area contributed by atoms with Crippen LogP contribution in [0.15, 0.2) is 34.9 Å². The fourth-order valence-electron chi connectivity index (χ4n) is 3.91. The topological polar surface area (TPSA) is 59.2 Å². The molecule has 2 aliphatic rings. The van der Waals surface area contributed by atoms with Gasteiger partial charge >= 0.3 is 0 Å². The molecule has 1 aromatic carbocycles. The van der Waals surface area contributed by atoms with Gasteiger partial charge in [-0.2, -0.15) is 4.98 Å². The van der Waals surface area contributed by atoms with Gasteiger partial charge in [0.2, 0.25) is 11.8 Å². The number of carbonyl (C=O) groups excluding carboxylic acids is 1. The Kier molecular flexibility index (Phi) is 4.55. The minimum absolute atomic E-state index is 0.152. The summed E-state index contributed by atoms with van der Waals surface area (Å²) >= 11 is 0. The predicted molar refractivity (Wildman–Crippen MR) is 94.1 cm³/mol. The average Bonchev–Trinajstić information content (AvgIpc) is 3.33. The van der Waals surface area contributed by atoms with Crippen LogP contribution in [0.25, 0.3) is 0 Å². The zero-order valence-electron chi connectivity index (χ0n) is 14.7. The molecule has 4 rings (SSSR count). The first-order valence-electron chi connectivity index (χ1n) is 9.42. The number of nitrogens with zero attached hydrogens (tertiary/aromatic N) is 3. The summed E-state index contributed by atoms with van der Waals surface area (Å²) in [7, 11) is 0. The monoisotopic (exact) mass is 339 g/mol. The molecule has 1 saturated heterocycles. The lowest BCUT2D eigenvalue weighted by molar-refractivity contribution is -0.134. The van der Waals surface area contributed by atoms with Gasteiger partial charge in [-0.15, -0.1) is 0 Å². The number of aromatic nitrogens is 2. The summed E-state index contributed by atoms with van der Waals surface area (Å²) in [5.41, 5.74) is 1.29. The molecule has 5 heteroatoms. The van der Waals surface area contributed by atoms with E-state index in [2.05, 4.69) is 41.3 Å². The Morgan fingerprint density at radius 2 is 2.16 bits per heavy atom. The van der Waals surface area contributed by atoms with Crippen LogP contribution in [-0.2, 0) is 11.2 Å². The fourth-order valence-corrected chi connectivity index (χ4v) is 3.91. The zero-order chi connectivity index (χ0) is 17.2. The van der Waals surface area contributed by atoms with Crippen molar-refractivity contribution in [3.8, 4) is 0 Å². The Balaban J connectivity index is 1.39. The van der Waals surface area contributed by atoms with Gasteiger partial charge in [0.15, 0.2) is 5.82 Å². The molecule has 1 saturated carbocycles. The second-order valence-electron chi connectivity index (χ2n) is 7.28. The Morgan fingerprint density at radius 3 is 2.96 bits per heavy atom. The van der Waals surface area contributed by atoms with E-state index in [1.807, 2.05) is 11.0 Å². The molecule has 2 fully saturated rings. The van der Waals surface area contributed by atoms with Crippen LogP contribution in [0, 0.1) is 5.92 Å². The summed E-state index contributed by atoms with van der Waals surface area (Å²) < 4.78 is 5.45. The van der Waals surface area contributed by atoms with E-state index in [4.69, 9.17) is 4.52 Å². The molecule has 0 unspecified atom stereocenters. The molecule has 0 radical (unpaired) electrons. The Bertz CT molecular complexity index is 728. The highest BCUT2D eigenvalue weighted by molar-refractivity contribution is 5.83. The maximum absolute atomic E-state index is 12.9. The molecule has 5 nitrogen and oxygen atoms in total.